The monoisotopic (exact) mass is 427 g/mol. The third-order valence-electron chi connectivity index (χ3n) is 3.20. The van der Waals surface area contributed by atoms with Gasteiger partial charge in [0.1, 0.15) is 0 Å². The van der Waals surface area contributed by atoms with Crippen LogP contribution in [0.1, 0.15) is 65.2 Å². The van der Waals surface area contributed by atoms with Gasteiger partial charge in [-0.1, -0.05) is 32.6 Å². The van der Waals surface area contributed by atoms with Crippen molar-refractivity contribution in [3.8, 4) is 0 Å². The third kappa shape index (κ3) is 15.9. The zero-order valence-corrected chi connectivity index (χ0v) is 16.8. The second-order valence-electron chi connectivity index (χ2n) is 5.13. The van der Waals surface area contributed by atoms with Crippen molar-refractivity contribution in [1.82, 2.24) is 10.6 Å². The Labute approximate surface area is 153 Å². The van der Waals surface area contributed by atoms with Gasteiger partial charge in [0.05, 0.1) is 7.11 Å². The molecular weight excluding hydrogens is 393 g/mol. The average Bonchev–Trinajstić information content (AvgIpc) is 2.50. The molecule has 0 aromatic carbocycles. The fourth-order valence-electron chi connectivity index (χ4n) is 1.95. The van der Waals surface area contributed by atoms with Crippen LogP contribution >= 0.6 is 24.0 Å². The number of carbonyl (C=O) groups is 1. The van der Waals surface area contributed by atoms with E-state index >= 15 is 0 Å². The highest BCUT2D eigenvalue weighted by Crippen LogP contribution is 2.03. The summed E-state index contributed by atoms with van der Waals surface area (Å²) in [7, 11) is 1.44. The molecule has 22 heavy (non-hydrogen) atoms. The van der Waals surface area contributed by atoms with Gasteiger partial charge in [-0.3, -0.25) is 9.79 Å². The largest absolute Gasteiger partial charge is 0.469 e. The molecule has 2 N–H and O–H groups in total. The van der Waals surface area contributed by atoms with Crippen LogP contribution in [-0.4, -0.2) is 38.7 Å². The molecular formula is C16H34IN3O2. The molecule has 132 valence electrons. The minimum absolute atomic E-state index is 0. The average molecular weight is 427 g/mol. The summed E-state index contributed by atoms with van der Waals surface area (Å²) < 4.78 is 4.62. The number of hydrogen-bond acceptors (Lipinski definition) is 3. The maximum Gasteiger partial charge on any atom is 0.305 e. The van der Waals surface area contributed by atoms with E-state index in [4.69, 9.17) is 0 Å². The number of esters is 1. The van der Waals surface area contributed by atoms with E-state index in [1.165, 1.54) is 20.0 Å². The van der Waals surface area contributed by atoms with Crippen molar-refractivity contribution in [3.05, 3.63) is 0 Å². The molecule has 0 rings (SSSR count). The van der Waals surface area contributed by atoms with Crippen LogP contribution in [0, 0.1) is 0 Å². The van der Waals surface area contributed by atoms with Crippen molar-refractivity contribution in [2.75, 3.05) is 26.7 Å². The van der Waals surface area contributed by atoms with Crippen molar-refractivity contribution in [2.45, 2.75) is 65.2 Å². The summed E-state index contributed by atoms with van der Waals surface area (Å²) in [5.74, 6) is 0.810. The van der Waals surface area contributed by atoms with Gasteiger partial charge >= 0.3 is 5.97 Å². The molecule has 0 amide bonds. The number of nitrogens with one attached hydrogen (secondary N) is 2. The standard InChI is InChI=1S/C16H33N3O2.HI/c1-4-6-10-13-18-16(17-5-2)19-14-11-8-7-9-12-15(20)21-3;/h4-14H2,1-3H3,(H2,17,18,19);1H. The van der Waals surface area contributed by atoms with Gasteiger partial charge in [-0.2, -0.15) is 0 Å². The second kappa shape index (κ2) is 18.5. The molecule has 0 aliphatic carbocycles. The van der Waals surface area contributed by atoms with E-state index in [-0.39, 0.29) is 29.9 Å². The molecule has 0 aromatic rings. The third-order valence-corrected chi connectivity index (χ3v) is 3.20. The predicted molar refractivity (Wildman–Crippen MR) is 104 cm³/mol. The minimum atomic E-state index is -0.109. The Morgan fingerprint density at radius 3 is 2.36 bits per heavy atom. The first-order chi connectivity index (χ1) is 10.2. The first-order valence-corrected chi connectivity index (χ1v) is 8.33. The molecule has 0 spiro atoms. The summed E-state index contributed by atoms with van der Waals surface area (Å²) >= 11 is 0. The Morgan fingerprint density at radius 2 is 1.73 bits per heavy atom. The van der Waals surface area contributed by atoms with Gasteiger partial charge in [-0.05, 0) is 26.2 Å². The normalized spacial score (nSPS) is 10.8. The van der Waals surface area contributed by atoms with Crippen LogP contribution in [0.2, 0.25) is 0 Å². The SMILES string of the molecule is CCCCCN=C(NCC)NCCCCCCC(=O)OC.I. The summed E-state index contributed by atoms with van der Waals surface area (Å²) in [6.07, 6.45) is 8.36. The van der Waals surface area contributed by atoms with Crippen LogP contribution in [0.25, 0.3) is 0 Å². The van der Waals surface area contributed by atoms with Crippen LogP contribution in [0.15, 0.2) is 4.99 Å². The fraction of sp³-hybridized carbons (Fsp3) is 0.875. The van der Waals surface area contributed by atoms with Crippen molar-refractivity contribution >= 4 is 35.9 Å². The van der Waals surface area contributed by atoms with Crippen LogP contribution in [0.4, 0.5) is 0 Å². The molecule has 6 heteroatoms. The van der Waals surface area contributed by atoms with Crippen molar-refractivity contribution in [1.29, 1.82) is 0 Å². The topological polar surface area (TPSA) is 62.7 Å². The maximum absolute atomic E-state index is 11.0. The van der Waals surface area contributed by atoms with E-state index in [1.54, 1.807) is 0 Å². The van der Waals surface area contributed by atoms with Crippen molar-refractivity contribution < 1.29 is 9.53 Å². The van der Waals surface area contributed by atoms with Gasteiger partial charge in [0.15, 0.2) is 5.96 Å². The number of aliphatic imine (C=N–C) groups is 1. The highest BCUT2D eigenvalue weighted by atomic mass is 127. The van der Waals surface area contributed by atoms with Crippen molar-refractivity contribution in [3.63, 3.8) is 0 Å². The van der Waals surface area contributed by atoms with Crippen LogP contribution in [0.3, 0.4) is 0 Å². The van der Waals surface area contributed by atoms with Gasteiger partial charge in [0.2, 0.25) is 0 Å². The molecule has 0 fully saturated rings. The summed E-state index contributed by atoms with van der Waals surface area (Å²) in [6.45, 7) is 6.99. The van der Waals surface area contributed by atoms with Gasteiger partial charge in [0, 0.05) is 26.1 Å². The van der Waals surface area contributed by atoms with E-state index in [0.29, 0.717) is 6.42 Å². The molecule has 0 bridgehead atoms. The number of nitrogens with zero attached hydrogens (tertiary/aromatic N) is 1. The minimum Gasteiger partial charge on any atom is -0.469 e. The number of hydrogen-bond donors (Lipinski definition) is 2. The van der Waals surface area contributed by atoms with E-state index in [2.05, 4.69) is 34.2 Å². The molecule has 0 aliphatic heterocycles. The van der Waals surface area contributed by atoms with E-state index in [0.717, 1.165) is 57.7 Å². The highest BCUT2D eigenvalue weighted by molar-refractivity contribution is 14.0. The number of ether oxygens (including phenoxy) is 1. The quantitative estimate of drug-likeness (QED) is 0.165. The Bertz CT molecular complexity index is 287. The molecule has 0 aromatic heterocycles. The number of rotatable bonds is 12. The van der Waals surface area contributed by atoms with Gasteiger partial charge < -0.3 is 15.4 Å². The second-order valence-corrected chi connectivity index (χ2v) is 5.13. The molecule has 0 unspecified atom stereocenters. The molecule has 5 nitrogen and oxygen atoms in total. The zero-order valence-electron chi connectivity index (χ0n) is 14.5. The molecule has 0 atom stereocenters. The van der Waals surface area contributed by atoms with Crippen LogP contribution in [-0.2, 0) is 9.53 Å². The lowest BCUT2D eigenvalue weighted by Gasteiger charge is -2.11. The zero-order chi connectivity index (χ0) is 15.8. The first-order valence-electron chi connectivity index (χ1n) is 8.33. The molecule has 0 saturated carbocycles. The number of methoxy groups -OCH3 is 1. The van der Waals surface area contributed by atoms with Gasteiger partial charge in [-0.25, -0.2) is 0 Å². The Hall–Kier alpha value is -0.530. The molecule has 0 radical (unpaired) electrons. The summed E-state index contributed by atoms with van der Waals surface area (Å²) in [5.41, 5.74) is 0. The Morgan fingerprint density at radius 1 is 1.00 bits per heavy atom. The van der Waals surface area contributed by atoms with Crippen LogP contribution in [0.5, 0.6) is 0 Å². The van der Waals surface area contributed by atoms with E-state index in [9.17, 15) is 4.79 Å². The maximum atomic E-state index is 11.0. The van der Waals surface area contributed by atoms with Crippen molar-refractivity contribution in [2.24, 2.45) is 4.99 Å². The molecule has 0 aliphatic rings. The summed E-state index contributed by atoms with van der Waals surface area (Å²) in [6, 6.07) is 0. The number of guanidine groups is 1. The van der Waals surface area contributed by atoms with Gasteiger partial charge in [-0.15, -0.1) is 24.0 Å². The number of unbranched alkanes of at least 4 members (excludes halogenated alkanes) is 5. The predicted octanol–water partition coefficient (Wildman–Crippen LogP) is 3.47. The van der Waals surface area contributed by atoms with Crippen LogP contribution < -0.4 is 10.6 Å². The fourth-order valence-corrected chi connectivity index (χ4v) is 1.95. The molecule has 0 saturated heterocycles. The van der Waals surface area contributed by atoms with E-state index < -0.39 is 0 Å². The first kappa shape index (κ1) is 23.7. The highest BCUT2D eigenvalue weighted by Gasteiger charge is 2.00. The number of halogens is 1. The Kier molecular flexibility index (Phi) is 20.0. The van der Waals surface area contributed by atoms with Gasteiger partial charge in [0.25, 0.3) is 0 Å². The summed E-state index contributed by atoms with van der Waals surface area (Å²) in [5, 5.41) is 6.62. The summed E-state index contributed by atoms with van der Waals surface area (Å²) in [4.78, 5) is 15.5. The lowest BCUT2D eigenvalue weighted by Crippen LogP contribution is -2.37. The number of carbonyl (C=O) groups excluding carboxylic acids is 1. The van der Waals surface area contributed by atoms with E-state index in [1.807, 2.05) is 0 Å². The Balaban J connectivity index is 0. The molecule has 0 heterocycles. The lowest BCUT2D eigenvalue weighted by atomic mass is 10.1. The lowest BCUT2D eigenvalue weighted by molar-refractivity contribution is -0.140. The smallest absolute Gasteiger partial charge is 0.305 e.